The van der Waals surface area contributed by atoms with E-state index < -0.39 is 37.4 Å². The van der Waals surface area contributed by atoms with Gasteiger partial charge in [-0.2, -0.15) is 39.7 Å². The van der Waals surface area contributed by atoms with Crippen molar-refractivity contribution in [3.8, 4) is 11.1 Å². The number of aromatic nitrogens is 3. The van der Waals surface area contributed by atoms with Crippen molar-refractivity contribution in [3.63, 3.8) is 0 Å². The van der Waals surface area contributed by atoms with Crippen LogP contribution in [0.1, 0.15) is 41.7 Å². The summed E-state index contributed by atoms with van der Waals surface area (Å²) in [4.78, 5) is 16.8. The monoisotopic (exact) mass is 978 g/mol. The van der Waals surface area contributed by atoms with E-state index in [0.717, 1.165) is 69.1 Å². The van der Waals surface area contributed by atoms with Crippen LogP contribution in [0.25, 0.3) is 32.9 Å². The summed E-state index contributed by atoms with van der Waals surface area (Å²) in [5.41, 5.74) is 6.25. The molecule has 7 aromatic rings. The third-order valence-electron chi connectivity index (χ3n) is 9.33. The maximum absolute atomic E-state index is 12.7. The number of halogens is 6. The number of anilines is 5. The summed E-state index contributed by atoms with van der Waals surface area (Å²) in [7, 11) is 0. The van der Waals surface area contributed by atoms with Gasteiger partial charge in [0.15, 0.2) is 0 Å². The molecule has 0 unspecified atom stereocenters. The fourth-order valence-corrected chi connectivity index (χ4v) is 6.83. The molecule has 1 N–H and O–H groups in total. The van der Waals surface area contributed by atoms with Gasteiger partial charge in [-0.15, -0.1) is 46.2 Å². The number of hydrogen-bond donors (Lipinski definition) is 1. The average molecular weight is 979 g/mol. The first-order chi connectivity index (χ1) is 29.4. The Morgan fingerprint density at radius 1 is 0.810 bits per heavy atom. The van der Waals surface area contributed by atoms with Gasteiger partial charge in [0.1, 0.15) is 5.82 Å². The predicted molar refractivity (Wildman–Crippen MR) is 214 cm³/mol. The van der Waals surface area contributed by atoms with Crippen molar-refractivity contribution in [2.75, 3.05) is 34.0 Å². The maximum atomic E-state index is 12.7. The van der Waals surface area contributed by atoms with Gasteiger partial charge in [0, 0.05) is 32.0 Å². The van der Waals surface area contributed by atoms with Gasteiger partial charge in [-0.25, -0.2) is 4.98 Å². The molecular weight excluding hydrogens is 936 g/mol. The van der Waals surface area contributed by atoms with Gasteiger partial charge < -0.3 is 25.0 Å². The molecule has 0 aliphatic carbocycles. The van der Waals surface area contributed by atoms with Crippen LogP contribution in [-0.2, 0) is 33.4 Å². The number of aryl methyl sites for hydroxylation is 4. The Morgan fingerprint density at radius 3 is 2.02 bits per heavy atom. The van der Waals surface area contributed by atoms with Crippen LogP contribution in [0.3, 0.4) is 0 Å². The largest absolute Gasteiger partial charge is 4.00 e. The van der Waals surface area contributed by atoms with E-state index in [1.54, 1.807) is 48.5 Å². The normalized spacial score (nSPS) is 14.6. The zero-order valence-electron chi connectivity index (χ0n) is 37.2. The van der Waals surface area contributed by atoms with Gasteiger partial charge in [-0.1, -0.05) is 42.0 Å². The Labute approximate surface area is 355 Å². The van der Waals surface area contributed by atoms with Crippen LogP contribution in [0.5, 0.6) is 0 Å². The Kier molecular flexibility index (Phi) is 9.73. The van der Waals surface area contributed by atoms with Crippen molar-refractivity contribution in [1.82, 2.24) is 15.0 Å². The van der Waals surface area contributed by atoms with Crippen LogP contribution < -0.4 is 25.0 Å². The summed E-state index contributed by atoms with van der Waals surface area (Å²) in [6, 6.07) is 23.8. The fourth-order valence-electron chi connectivity index (χ4n) is 6.83. The van der Waals surface area contributed by atoms with E-state index in [1.807, 2.05) is 32.9 Å². The minimum absolute atomic E-state index is 0. The first-order valence-corrected chi connectivity index (χ1v) is 17.4. The van der Waals surface area contributed by atoms with Crippen LogP contribution in [0.4, 0.5) is 54.9 Å². The minimum Gasteiger partial charge on any atom is -0.657 e. The summed E-state index contributed by atoms with van der Waals surface area (Å²) in [6.07, 6.45) is -5.89. The average Bonchev–Trinajstić information content (AvgIpc) is 3.76. The molecule has 0 amide bonds. The number of nitrogens with zero attached hydrogens (tertiary/aromatic N) is 6. The van der Waals surface area contributed by atoms with Gasteiger partial charge in [0.05, 0.1) is 16.8 Å². The standard InChI is InChI=1S/C30H31N6.C14H6F6N.Pt/c1-20-13-21(2)29(22(3)14-20)24-15-25(33-18-34(5)27-9-7-11-31-23(27)4)17-26(16-24)36-19-35(6)28-10-8-12-32-30(28)36;15-13(16,17)7-1-3-11-9(5-7)10-6-8(14(18,19)20)2-4-12(10)21-11;/h7-16,18-19,33H,1-6H3;1-6H;/q-3;-1;+4/i5D3,6D3;;. The molecule has 300 valence electrons. The Morgan fingerprint density at radius 2 is 1.43 bits per heavy atom. The molecule has 0 saturated heterocycles. The molecular formula is C44H37F6N7Pt. The molecule has 0 bridgehead atoms. The molecule has 58 heavy (non-hydrogen) atoms. The molecule has 4 aromatic carbocycles. The number of benzene rings is 4. The molecule has 1 aliphatic heterocycles. The molecule has 0 atom stereocenters. The second kappa shape index (κ2) is 16.4. The topological polar surface area (TPSA) is 61.6 Å². The van der Waals surface area contributed by atoms with Gasteiger partial charge in [-0.3, -0.25) is 4.98 Å². The molecule has 0 radical (unpaired) electrons. The second-order valence-electron chi connectivity index (χ2n) is 13.5. The summed E-state index contributed by atoms with van der Waals surface area (Å²) < 4.78 is 125. The van der Waals surface area contributed by atoms with Crippen molar-refractivity contribution >= 4 is 50.4 Å². The van der Waals surface area contributed by atoms with Crippen LogP contribution >= 0.6 is 0 Å². The summed E-state index contributed by atoms with van der Waals surface area (Å²) in [6.45, 7) is 5.85. The van der Waals surface area contributed by atoms with Gasteiger partial charge in [0.25, 0.3) is 0 Å². The fraction of sp³-hybridized carbons (Fsp3) is 0.182. The van der Waals surface area contributed by atoms with E-state index in [2.05, 4.69) is 38.5 Å². The van der Waals surface area contributed by atoms with Crippen LogP contribution in [0.2, 0.25) is 0 Å². The Balaban J connectivity index is 0.000000259. The number of pyridine rings is 2. The molecule has 3 aromatic heterocycles. The Hall–Kier alpha value is -5.55. The number of nitrogens with one attached hydrogen (secondary N) is 1. The molecule has 4 heterocycles. The predicted octanol–water partition coefficient (Wildman–Crippen LogP) is 11.5. The van der Waals surface area contributed by atoms with Crippen LogP contribution in [-0.4, -0.2) is 23.9 Å². The molecule has 14 heteroatoms. The van der Waals surface area contributed by atoms with Crippen molar-refractivity contribution in [2.45, 2.75) is 40.0 Å². The molecule has 0 spiro atoms. The number of alkyl halides is 6. The Bertz CT molecular complexity index is 2740. The van der Waals surface area contributed by atoms with E-state index in [9.17, 15) is 26.3 Å². The van der Waals surface area contributed by atoms with Gasteiger partial charge in [-0.05, 0) is 106 Å². The molecule has 8 rings (SSSR count). The van der Waals surface area contributed by atoms with Crippen molar-refractivity contribution < 1.29 is 55.6 Å². The third kappa shape index (κ3) is 8.65. The third-order valence-corrected chi connectivity index (χ3v) is 9.33. The van der Waals surface area contributed by atoms with Crippen molar-refractivity contribution in [2.24, 2.45) is 0 Å². The van der Waals surface area contributed by atoms with Gasteiger partial charge in [0.2, 0.25) is 0 Å². The summed E-state index contributed by atoms with van der Waals surface area (Å²) in [5.74, 6) is 0.449. The smallest absolute Gasteiger partial charge is 0.657 e. The van der Waals surface area contributed by atoms with Gasteiger partial charge >= 0.3 is 33.4 Å². The minimum atomic E-state index is -4.56. The molecule has 0 fully saturated rings. The van der Waals surface area contributed by atoms with Crippen LogP contribution in [0.15, 0.2) is 97.3 Å². The second-order valence-corrected chi connectivity index (χ2v) is 13.5. The molecule has 0 saturated carbocycles. The van der Waals surface area contributed by atoms with Crippen molar-refractivity contribution in [1.29, 1.82) is 0 Å². The first kappa shape index (κ1) is 34.5. The zero-order chi connectivity index (χ0) is 45.8. The quantitative estimate of drug-likeness (QED) is 0.132. The van der Waals surface area contributed by atoms with Crippen molar-refractivity contribution in [3.05, 3.63) is 150 Å². The summed E-state index contributed by atoms with van der Waals surface area (Å²) in [5, 5.41) is 3.26. The molecule has 1 aliphatic rings. The van der Waals surface area contributed by atoms with Crippen LogP contribution in [0, 0.1) is 47.1 Å². The number of fused-ring (bicyclic) bond motifs is 4. The first-order valence-electron chi connectivity index (χ1n) is 20.4. The van der Waals surface area contributed by atoms with E-state index in [0.29, 0.717) is 34.3 Å². The maximum Gasteiger partial charge on any atom is 4.00 e. The zero-order valence-corrected chi connectivity index (χ0v) is 33.4. The van der Waals surface area contributed by atoms with E-state index in [1.165, 1.54) is 18.2 Å². The number of hydrogen-bond acceptors (Lipinski definition) is 6. The SMILES string of the molecule is FC(F)(F)c1ccc2[n-]c3ccc(C(F)(F)F)cc3c2c1.[2H]C([2H])([2H])N([CH-]Nc1[c-]c(N2[CH-]N(C([2H])([2H])[2H])c3cccnc32)cc(-c2c(C)cc(C)cc2C)c1)c1cccnc1C.[Pt+4]. The number of rotatable bonds is 6. The summed E-state index contributed by atoms with van der Waals surface area (Å²) >= 11 is 0. The van der Waals surface area contributed by atoms with E-state index >= 15 is 0 Å². The molecule has 7 nitrogen and oxygen atoms in total. The van der Waals surface area contributed by atoms with E-state index in [4.69, 9.17) is 8.22 Å². The van der Waals surface area contributed by atoms with E-state index in [-0.39, 0.29) is 42.9 Å².